The van der Waals surface area contributed by atoms with Gasteiger partial charge in [-0.25, -0.2) is 9.67 Å². The minimum Gasteiger partial charge on any atom is -0.411 e. The van der Waals surface area contributed by atoms with Gasteiger partial charge in [0.1, 0.15) is 10.1 Å². The van der Waals surface area contributed by atoms with Crippen molar-refractivity contribution in [2.45, 2.75) is 17.0 Å². The highest BCUT2D eigenvalue weighted by Gasteiger charge is 2.17. The van der Waals surface area contributed by atoms with Crippen LogP contribution in [0.3, 0.4) is 0 Å². The van der Waals surface area contributed by atoms with Crippen molar-refractivity contribution in [3.05, 3.63) is 64.9 Å². The lowest BCUT2D eigenvalue weighted by Gasteiger charge is -2.08. The molecule has 23 heavy (non-hydrogen) atoms. The molecule has 0 unspecified atom stereocenters. The number of aromatic nitrogens is 3. The molecule has 0 aliphatic rings. The van der Waals surface area contributed by atoms with E-state index in [0.29, 0.717) is 5.02 Å². The van der Waals surface area contributed by atoms with E-state index in [2.05, 4.69) is 15.2 Å². The highest BCUT2D eigenvalue weighted by molar-refractivity contribution is 7.99. The Morgan fingerprint density at radius 3 is 2.83 bits per heavy atom. The zero-order valence-electron chi connectivity index (χ0n) is 12.2. The smallest absolute Gasteiger partial charge is 0.115 e. The van der Waals surface area contributed by atoms with Gasteiger partial charge in [0.05, 0.1) is 23.2 Å². The van der Waals surface area contributed by atoms with Crippen molar-refractivity contribution in [3.8, 4) is 5.69 Å². The van der Waals surface area contributed by atoms with Crippen LogP contribution in [0.4, 0.5) is 0 Å². The molecule has 0 radical (unpaired) electrons. The van der Waals surface area contributed by atoms with E-state index >= 15 is 0 Å². The van der Waals surface area contributed by atoms with Gasteiger partial charge < -0.3 is 5.21 Å². The molecule has 0 fully saturated rings. The minimum absolute atomic E-state index is 0.627. The summed E-state index contributed by atoms with van der Waals surface area (Å²) in [5, 5.41) is 18.9. The Kier molecular flexibility index (Phi) is 4.64. The van der Waals surface area contributed by atoms with Gasteiger partial charge in [0, 0.05) is 11.2 Å². The fraction of sp³-hybridized carbons (Fsp3) is 0.0625. The molecule has 1 aromatic carbocycles. The number of nitrogens with zero attached hydrogens (tertiary/aromatic N) is 4. The Hall–Kier alpha value is -2.31. The van der Waals surface area contributed by atoms with E-state index in [9.17, 15) is 0 Å². The largest absolute Gasteiger partial charge is 0.411 e. The van der Waals surface area contributed by atoms with Gasteiger partial charge in [0.15, 0.2) is 0 Å². The molecule has 3 aromatic rings. The molecule has 0 aliphatic heterocycles. The van der Waals surface area contributed by atoms with E-state index < -0.39 is 0 Å². The maximum absolute atomic E-state index is 8.95. The second-order valence-electron chi connectivity index (χ2n) is 4.71. The summed E-state index contributed by atoms with van der Waals surface area (Å²) < 4.78 is 1.78. The quantitative estimate of drug-likeness (QED) is 0.438. The molecule has 0 aliphatic carbocycles. The van der Waals surface area contributed by atoms with Gasteiger partial charge in [0.2, 0.25) is 0 Å². The number of halogens is 1. The zero-order chi connectivity index (χ0) is 16.2. The molecule has 7 heteroatoms. The van der Waals surface area contributed by atoms with Crippen molar-refractivity contribution in [1.29, 1.82) is 0 Å². The summed E-state index contributed by atoms with van der Waals surface area (Å²) in [7, 11) is 0. The van der Waals surface area contributed by atoms with Gasteiger partial charge >= 0.3 is 0 Å². The second-order valence-corrected chi connectivity index (χ2v) is 6.16. The summed E-state index contributed by atoms with van der Waals surface area (Å²) in [4.78, 5) is 4.33. The molecule has 5 nitrogen and oxygen atoms in total. The van der Waals surface area contributed by atoms with Crippen LogP contribution in [0, 0.1) is 6.92 Å². The fourth-order valence-corrected chi connectivity index (χ4v) is 3.30. The highest BCUT2D eigenvalue weighted by atomic mass is 35.5. The van der Waals surface area contributed by atoms with Crippen molar-refractivity contribution >= 4 is 29.6 Å². The van der Waals surface area contributed by atoms with Gasteiger partial charge in [-0.2, -0.15) is 5.10 Å². The van der Waals surface area contributed by atoms with Crippen LogP contribution < -0.4 is 0 Å². The standard InChI is InChI=1S/C16H13ClN4OS/c1-11-14(10-19-22)16(23-15-7-2-3-8-18-15)21(20-11)13-6-4-5-12(17)9-13/h2-10,22H,1H3. The predicted octanol–water partition coefficient (Wildman–Crippen LogP) is 4.19. The Morgan fingerprint density at radius 2 is 2.13 bits per heavy atom. The normalized spacial score (nSPS) is 11.2. The summed E-state index contributed by atoms with van der Waals surface area (Å²) in [5.41, 5.74) is 2.32. The minimum atomic E-state index is 0.627. The van der Waals surface area contributed by atoms with Crippen LogP contribution in [-0.4, -0.2) is 26.2 Å². The molecule has 0 saturated carbocycles. The van der Waals surface area contributed by atoms with Crippen molar-refractivity contribution < 1.29 is 5.21 Å². The van der Waals surface area contributed by atoms with Crippen LogP contribution in [0.1, 0.15) is 11.3 Å². The lowest BCUT2D eigenvalue weighted by Crippen LogP contribution is -1.99. The maximum Gasteiger partial charge on any atom is 0.115 e. The summed E-state index contributed by atoms with van der Waals surface area (Å²) in [6.45, 7) is 1.86. The first-order chi connectivity index (χ1) is 11.2. The second kappa shape index (κ2) is 6.85. The predicted molar refractivity (Wildman–Crippen MR) is 91.1 cm³/mol. The molecule has 0 bridgehead atoms. The maximum atomic E-state index is 8.95. The van der Waals surface area contributed by atoms with Gasteiger partial charge in [-0.05, 0) is 49.0 Å². The molecule has 0 amide bonds. The van der Waals surface area contributed by atoms with Crippen LogP contribution in [0.2, 0.25) is 5.02 Å². The van der Waals surface area contributed by atoms with Gasteiger partial charge in [-0.15, -0.1) is 0 Å². The number of rotatable bonds is 4. The van der Waals surface area contributed by atoms with E-state index in [4.69, 9.17) is 16.8 Å². The lowest BCUT2D eigenvalue weighted by atomic mass is 10.3. The number of pyridine rings is 1. The number of hydrogen-bond donors (Lipinski definition) is 1. The van der Waals surface area contributed by atoms with Crippen LogP contribution in [0.25, 0.3) is 5.69 Å². The van der Waals surface area contributed by atoms with Gasteiger partial charge in [0.25, 0.3) is 0 Å². The molecule has 0 saturated heterocycles. The molecule has 0 atom stereocenters. The summed E-state index contributed by atoms with van der Waals surface area (Å²) in [6, 6.07) is 13.1. The number of oxime groups is 1. The van der Waals surface area contributed by atoms with Crippen molar-refractivity contribution in [2.24, 2.45) is 5.16 Å². The third-order valence-corrected chi connectivity index (χ3v) is 4.41. The van der Waals surface area contributed by atoms with E-state index in [1.54, 1.807) is 10.9 Å². The molecule has 2 heterocycles. The molecule has 0 spiro atoms. The molecular formula is C16H13ClN4OS. The third kappa shape index (κ3) is 3.38. The lowest BCUT2D eigenvalue weighted by molar-refractivity contribution is 0.321. The van der Waals surface area contributed by atoms with Crippen molar-refractivity contribution in [2.75, 3.05) is 0 Å². The summed E-state index contributed by atoms with van der Waals surface area (Å²) in [5.74, 6) is 0. The molecule has 2 aromatic heterocycles. The summed E-state index contributed by atoms with van der Waals surface area (Å²) in [6.07, 6.45) is 3.11. The molecule has 116 valence electrons. The Balaban J connectivity index is 2.14. The van der Waals surface area contributed by atoms with E-state index in [0.717, 1.165) is 27.0 Å². The number of aryl methyl sites for hydroxylation is 1. The van der Waals surface area contributed by atoms with Crippen molar-refractivity contribution in [1.82, 2.24) is 14.8 Å². The molecule has 1 N–H and O–H groups in total. The van der Waals surface area contributed by atoms with E-state index in [1.165, 1.54) is 18.0 Å². The third-order valence-electron chi connectivity index (χ3n) is 3.14. The average Bonchev–Trinajstić information content (AvgIpc) is 2.86. The van der Waals surface area contributed by atoms with Crippen LogP contribution >= 0.6 is 23.4 Å². The zero-order valence-corrected chi connectivity index (χ0v) is 13.8. The van der Waals surface area contributed by atoms with E-state index in [-0.39, 0.29) is 0 Å². The van der Waals surface area contributed by atoms with Gasteiger partial charge in [-0.1, -0.05) is 28.9 Å². The van der Waals surface area contributed by atoms with Crippen LogP contribution in [-0.2, 0) is 0 Å². The first kappa shape index (κ1) is 15.6. The molecule has 3 rings (SSSR count). The first-order valence-corrected chi connectivity index (χ1v) is 8.00. The van der Waals surface area contributed by atoms with Gasteiger partial charge in [-0.3, -0.25) is 0 Å². The highest BCUT2D eigenvalue weighted by Crippen LogP contribution is 2.32. The summed E-state index contributed by atoms with van der Waals surface area (Å²) >= 11 is 7.53. The average molecular weight is 345 g/mol. The number of benzene rings is 1. The molecular weight excluding hydrogens is 332 g/mol. The SMILES string of the molecule is Cc1nn(-c2cccc(Cl)c2)c(Sc2ccccn2)c1C=NO. The number of hydrogen-bond acceptors (Lipinski definition) is 5. The Labute approximate surface area is 142 Å². The fourth-order valence-electron chi connectivity index (χ4n) is 2.11. The Bertz CT molecular complexity index is 849. The van der Waals surface area contributed by atoms with Crippen molar-refractivity contribution in [3.63, 3.8) is 0 Å². The van der Waals surface area contributed by atoms with Crippen LogP contribution in [0.5, 0.6) is 0 Å². The topological polar surface area (TPSA) is 63.3 Å². The Morgan fingerprint density at radius 1 is 1.26 bits per heavy atom. The van der Waals surface area contributed by atoms with E-state index in [1.807, 2.05) is 49.4 Å². The monoisotopic (exact) mass is 344 g/mol. The first-order valence-electron chi connectivity index (χ1n) is 6.81. The van der Waals surface area contributed by atoms with Crippen LogP contribution in [0.15, 0.2) is 63.9 Å².